The molecule has 2 heterocycles. The fraction of sp³-hybridized carbons (Fsp3) is 0.190. The van der Waals surface area contributed by atoms with Gasteiger partial charge in [0, 0.05) is 10.6 Å². The highest BCUT2D eigenvalue weighted by atomic mass is 32.2. The van der Waals surface area contributed by atoms with Gasteiger partial charge < -0.3 is 15.4 Å². The molecule has 29 heavy (non-hydrogen) atoms. The summed E-state index contributed by atoms with van der Waals surface area (Å²) in [5, 5.41) is 10.5. The number of rotatable bonds is 5. The number of hydrogen-bond donors (Lipinski definition) is 2. The van der Waals surface area contributed by atoms with E-state index in [4.69, 9.17) is 4.74 Å². The molecule has 148 valence electrons. The fourth-order valence-electron chi connectivity index (χ4n) is 3.42. The summed E-state index contributed by atoms with van der Waals surface area (Å²) in [5.41, 5.74) is 2.88. The summed E-state index contributed by atoms with van der Waals surface area (Å²) >= 11 is 1.67. The second kappa shape index (κ2) is 8.00. The van der Waals surface area contributed by atoms with Crippen LogP contribution in [0.3, 0.4) is 0 Å². The molecule has 3 aromatic rings. The number of aromatic nitrogens is 3. The smallest absolute Gasteiger partial charge is 0.255 e. The summed E-state index contributed by atoms with van der Waals surface area (Å²) in [6.07, 6.45) is 3.52. The third-order valence-corrected chi connectivity index (χ3v) is 5.57. The largest absolute Gasteiger partial charge is 0.495 e. The van der Waals surface area contributed by atoms with Gasteiger partial charge in [0.15, 0.2) is 0 Å². The lowest BCUT2D eigenvalue weighted by molar-refractivity contribution is -0.113. The second-order valence-corrected chi connectivity index (χ2v) is 7.40. The zero-order valence-electron chi connectivity index (χ0n) is 16.3. The van der Waals surface area contributed by atoms with Gasteiger partial charge in [-0.2, -0.15) is 10.1 Å². The average molecular weight is 407 g/mol. The van der Waals surface area contributed by atoms with E-state index in [0.717, 1.165) is 16.2 Å². The lowest BCUT2D eigenvalue weighted by atomic mass is 9.95. The van der Waals surface area contributed by atoms with Crippen molar-refractivity contribution in [3.8, 4) is 5.75 Å². The van der Waals surface area contributed by atoms with Gasteiger partial charge in [-0.15, -0.1) is 11.8 Å². The average Bonchev–Trinajstić information content (AvgIpc) is 3.21. The molecule has 1 aromatic heterocycles. The van der Waals surface area contributed by atoms with E-state index in [9.17, 15) is 4.79 Å². The molecule has 0 spiro atoms. The number of ether oxygens (including phenoxy) is 1. The zero-order chi connectivity index (χ0) is 20.4. The molecule has 1 aliphatic heterocycles. The molecule has 0 bridgehead atoms. The molecule has 7 nitrogen and oxygen atoms in total. The Hall–Kier alpha value is -3.26. The van der Waals surface area contributed by atoms with Crippen molar-refractivity contribution in [3.05, 3.63) is 71.7 Å². The third-order valence-electron chi connectivity index (χ3n) is 4.83. The summed E-state index contributed by atoms with van der Waals surface area (Å²) in [5.74, 6) is 0.986. The quantitative estimate of drug-likeness (QED) is 0.624. The van der Waals surface area contributed by atoms with Crippen molar-refractivity contribution >= 4 is 29.3 Å². The molecule has 1 amide bonds. The predicted octanol–water partition coefficient (Wildman–Crippen LogP) is 3.94. The first-order valence-corrected chi connectivity index (χ1v) is 10.3. The first-order valence-electron chi connectivity index (χ1n) is 9.08. The van der Waals surface area contributed by atoms with Gasteiger partial charge in [-0.3, -0.25) is 4.79 Å². The summed E-state index contributed by atoms with van der Waals surface area (Å²) in [4.78, 5) is 18.8. The second-order valence-electron chi connectivity index (χ2n) is 6.52. The lowest BCUT2D eigenvalue weighted by Gasteiger charge is -2.29. The molecule has 1 atom stereocenters. The third kappa shape index (κ3) is 3.58. The van der Waals surface area contributed by atoms with Crippen LogP contribution in [0.1, 0.15) is 18.5 Å². The van der Waals surface area contributed by atoms with E-state index in [1.54, 1.807) is 23.6 Å². The zero-order valence-corrected chi connectivity index (χ0v) is 17.2. The first-order chi connectivity index (χ1) is 14.1. The molecule has 1 aliphatic rings. The SMILES string of the molecule is COc1ccccc1NC(=O)C1=C(C)Nc2ncnn2C1c1ccc(SC)cc1. The van der Waals surface area contributed by atoms with Gasteiger partial charge in [0.05, 0.1) is 18.4 Å². The van der Waals surface area contributed by atoms with Gasteiger partial charge in [0.1, 0.15) is 18.1 Å². The Bertz CT molecular complexity index is 1070. The number of hydrogen-bond acceptors (Lipinski definition) is 6. The van der Waals surface area contributed by atoms with Crippen LogP contribution in [-0.2, 0) is 4.79 Å². The number of para-hydroxylation sites is 2. The summed E-state index contributed by atoms with van der Waals surface area (Å²) < 4.78 is 7.10. The van der Waals surface area contributed by atoms with E-state index < -0.39 is 0 Å². The molecular formula is C21H21N5O2S. The van der Waals surface area contributed by atoms with Gasteiger partial charge in [-0.1, -0.05) is 24.3 Å². The van der Waals surface area contributed by atoms with Crippen LogP contribution in [0, 0.1) is 0 Å². The number of methoxy groups -OCH3 is 1. The van der Waals surface area contributed by atoms with Crippen LogP contribution in [0.25, 0.3) is 0 Å². The molecule has 0 fully saturated rings. The minimum Gasteiger partial charge on any atom is -0.495 e. The van der Waals surface area contributed by atoms with Crippen LogP contribution < -0.4 is 15.4 Å². The lowest BCUT2D eigenvalue weighted by Crippen LogP contribution is -2.31. The molecule has 1 unspecified atom stereocenters. The molecule has 0 aliphatic carbocycles. The monoisotopic (exact) mass is 407 g/mol. The molecule has 0 radical (unpaired) electrons. The summed E-state index contributed by atoms with van der Waals surface area (Å²) in [7, 11) is 1.58. The van der Waals surface area contributed by atoms with Crippen LogP contribution >= 0.6 is 11.8 Å². The van der Waals surface area contributed by atoms with Gasteiger partial charge in [0.25, 0.3) is 5.91 Å². The number of nitrogens with one attached hydrogen (secondary N) is 2. The van der Waals surface area contributed by atoms with Crippen molar-refractivity contribution in [2.75, 3.05) is 24.0 Å². The Balaban J connectivity index is 1.75. The van der Waals surface area contributed by atoms with Crippen molar-refractivity contribution in [2.24, 2.45) is 0 Å². The van der Waals surface area contributed by atoms with Crippen molar-refractivity contribution in [3.63, 3.8) is 0 Å². The van der Waals surface area contributed by atoms with Gasteiger partial charge in [-0.05, 0) is 43.0 Å². The number of benzene rings is 2. The number of anilines is 2. The Morgan fingerprint density at radius 3 is 2.69 bits per heavy atom. The highest BCUT2D eigenvalue weighted by molar-refractivity contribution is 7.98. The maximum absolute atomic E-state index is 13.4. The molecule has 4 rings (SSSR count). The molecule has 0 saturated carbocycles. The first kappa shape index (κ1) is 19.1. The number of amides is 1. The van der Waals surface area contributed by atoms with Crippen molar-refractivity contribution in [1.29, 1.82) is 0 Å². The minimum absolute atomic E-state index is 0.223. The molecule has 8 heteroatoms. The van der Waals surface area contributed by atoms with Crippen molar-refractivity contribution in [1.82, 2.24) is 14.8 Å². The van der Waals surface area contributed by atoms with Crippen LogP contribution in [-0.4, -0.2) is 34.0 Å². The number of fused-ring (bicyclic) bond motifs is 1. The van der Waals surface area contributed by atoms with Crippen LogP contribution in [0.4, 0.5) is 11.6 Å². The molecule has 0 saturated heterocycles. The van der Waals surface area contributed by atoms with Crippen molar-refractivity contribution < 1.29 is 9.53 Å². The van der Waals surface area contributed by atoms with Crippen molar-refractivity contribution in [2.45, 2.75) is 17.9 Å². The van der Waals surface area contributed by atoms with E-state index in [1.807, 2.05) is 61.7 Å². The highest BCUT2D eigenvalue weighted by Gasteiger charge is 2.33. The van der Waals surface area contributed by atoms with Crippen LogP contribution in [0.2, 0.25) is 0 Å². The molecule has 2 N–H and O–H groups in total. The number of allylic oxidation sites excluding steroid dienone is 1. The predicted molar refractivity (Wildman–Crippen MR) is 114 cm³/mol. The van der Waals surface area contributed by atoms with Crippen LogP contribution in [0.15, 0.2) is 71.0 Å². The van der Waals surface area contributed by atoms with E-state index in [0.29, 0.717) is 23.0 Å². The Kier molecular flexibility index (Phi) is 5.26. The standard InChI is InChI=1S/C21H21N5O2S/c1-13-18(20(27)25-16-6-4-5-7-17(16)28-2)19(26-21(24-13)22-12-23-26)14-8-10-15(29-3)11-9-14/h4-12,19H,1-3H3,(H,25,27)(H,22,23,24). The number of carbonyl (C=O) groups is 1. The van der Waals surface area contributed by atoms with Gasteiger partial charge in [-0.25, -0.2) is 4.68 Å². The number of nitrogens with zero attached hydrogens (tertiary/aromatic N) is 3. The minimum atomic E-state index is -0.389. The normalized spacial score (nSPS) is 15.5. The van der Waals surface area contributed by atoms with Gasteiger partial charge >= 0.3 is 0 Å². The highest BCUT2D eigenvalue weighted by Crippen LogP contribution is 2.36. The van der Waals surface area contributed by atoms with E-state index in [-0.39, 0.29) is 11.9 Å². The van der Waals surface area contributed by atoms with Crippen LogP contribution in [0.5, 0.6) is 5.75 Å². The number of carbonyl (C=O) groups excluding carboxylic acids is 1. The molecule has 2 aromatic carbocycles. The fourth-order valence-corrected chi connectivity index (χ4v) is 3.83. The Labute approximate surface area is 173 Å². The van der Waals surface area contributed by atoms with E-state index >= 15 is 0 Å². The number of thioether (sulfide) groups is 1. The maximum atomic E-state index is 13.4. The topological polar surface area (TPSA) is 81.1 Å². The van der Waals surface area contributed by atoms with Gasteiger partial charge in [0.2, 0.25) is 5.95 Å². The molecular weight excluding hydrogens is 386 g/mol. The summed E-state index contributed by atoms with van der Waals surface area (Å²) in [6, 6.07) is 15.1. The Morgan fingerprint density at radius 2 is 1.97 bits per heavy atom. The summed E-state index contributed by atoms with van der Waals surface area (Å²) in [6.45, 7) is 1.87. The maximum Gasteiger partial charge on any atom is 0.255 e. The van der Waals surface area contributed by atoms with E-state index in [2.05, 4.69) is 20.7 Å². The Morgan fingerprint density at radius 1 is 1.21 bits per heavy atom. The van der Waals surface area contributed by atoms with E-state index in [1.165, 1.54) is 6.33 Å².